The third-order valence-electron chi connectivity index (χ3n) is 2.16. The zero-order valence-electron chi connectivity index (χ0n) is 7.12. The molecule has 0 aromatic heterocycles. The fourth-order valence-corrected chi connectivity index (χ4v) is 1.36. The molecule has 1 aliphatic rings. The van der Waals surface area contributed by atoms with Crippen LogP contribution in [0.3, 0.4) is 0 Å². The van der Waals surface area contributed by atoms with Crippen LogP contribution in [0.25, 0.3) is 0 Å². The summed E-state index contributed by atoms with van der Waals surface area (Å²) in [5.41, 5.74) is 1.87. The van der Waals surface area contributed by atoms with Crippen LogP contribution in [0.1, 0.15) is 17.2 Å². The van der Waals surface area contributed by atoms with Crippen LogP contribution < -0.4 is 5.32 Å². The van der Waals surface area contributed by atoms with E-state index >= 15 is 0 Å². The number of phenolic OH excluding ortho intramolecular Hbond substituents is 1. The SMILES string of the molecule is N#CCc1ccc(O)c([C@H]2CN2)c1. The Hall–Kier alpha value is -1.53. The summed E-state index contributed by atoms with van der Waals surface area (Å²) in [5, 5.41) is 21.1. The molecular formula is C10H10N2O. The number of hydrogen-bond donors (Lipinski definition) is 2. The summed E-state index contributed by atoms with van der Waals surface area (Å²) in [7, 11) is 0. The zero-order valence-corrected chi connectivity index (χ0v) is 7.12. The van der Waals surface area contributed by atoms with E-state index in [1.165, 1.54) is 0 Å². The Kier molecular flexibility index (Phi) is 1.91. The van der Waals surface area contributed by atoms with Crippen molar-refractivity contribution < 1.29 is 5.11 Å². The summed E-state index contributed by atoms with van der Waals surface area (Å²) in [6, 6.07) is 7.71. The van der Waals surface area contributed by atoms with Crippen molar-refractivity contribution in [3.05, 3.63) is 29.3 Å². The number of nitrogens with zero attached hydrogens (tertiary/aromatic N) is 1. The quantitative estimate of drug-likeness (QED) is 0.660. The Morgan fingerprint density at radius 3 is 3.00 bits per heavy atom. The standard InChI is InChI=1S/C10H10N2O/c11-4-3-7-1-2-10(13)8(5-7)9-6-12-9/h1-2,5,9,12-13H,3,6H2/t9-/m1/s1. The molecule has 3 nitrogen and oxygen atoms in total. The van der Waals surface area contributed by atoms with E-state index in [1.54, 1.807) is 12.1 Å². The van der Waals surface area contributed by atoms with E-state index in [0.717, 1.165) is 17.7 Å². The number of aromatic hydroxyl groups is 1. The van der Waals surface area contributed by atoms with Gasteiger partial charge in [-0.2, -0.15) is 5.26 Å². The first-order valence-electron chi connectivity index (χ1n) is 4.23. The van der Waals surface area contributed by atoms with Crippen LogP contribution in [0.4, 0.5) is 0 Å². The maximum Gasteiger partial charge on any atom is 0.120 e. The molecule has 0 amide bonds. The van der Waals surface area contributed by atoms with Crippen molar-refractivity contribution in [1.82, 2.24) is 5.32 Å². The lowest BCUT2D eigenvalue weighted by molar-refractivity contribution is 0.468. The lowest BCUT2D eigenvalue weighted by Gasteiger charge is -2.03. The first-order valence-corrected chi connectivity index (χ1v) is 4.23. The van der Waals surface area contributed by atoms with Crippen LogP contribution in [0.15, 0.2) is 18.2 Å². The largest absolute Gasteiger partial charge is 0.508 e. The van der Waals surface area contributed by atoms with Gasteiger partial charge in [0.15, 0.2) is 0 Å². The van der Waals surface area contributed by atoms with Gasteiger partial charge < -0.3 is 10.4 Å². The first-order chi connectivity index (χ1) is 6.31. The number of rotatable bonds is 2. The van der Waals surface area contributed by atoms with Crippen molar-refractivity contribution in [2.45, 2.75) is 12.5 Å². The van der Waals surface area contributed by atoms with E-state index in [0.29, 0.717) is 18.2 Å². The molecule has 1 atom stereocenters. The minimum Gasteiger partial charge on any atom is -0.508 e. The van der Waals surface area contributed by atoms with Crippen molar-refractivity contribution in [1.29, 1.82) is 5.26 Å². The van der Waals surface area contributed by atoms with E-state index < -0.39 is 0 Å². The van der Waals surface area contributed by atoms with Crippen LogP contribution in [-0.4, -0.2) is 11.7 Å². The number of nitriles is 1. The summed E-state index contributed by atoms with van der Waals surface area (Å²) in [6.45, 7) is 0.920. The maximum absolute atomic E-state index is 9.49. The average molecular weight is 174 g/mol. The summed E-state index contributed by atoms with van der Waals surface area (Å²) in [5.74, 6) is 0.316. The van der Waals surface area contributed by atoms with Gasteiger partial charge in [0.1, 0.15) is 5.75 Å². The predicted octanol–water partition coefficient (Wildman–Crippen LogP) is 1.10. The fourth-order valence-electron chi connectivity index (χ4n) is 1.36. The first kappa shape index (κ1) is 8.09. The topological polar surface area (TPSA) is 66.0 Å². The van der Waals surface area contributed by atoms with E-state index in [4.69, 9.17) is 5.26 Å². The van der Waals surface area contributed by atoms with Crippen LogP contribution in [-0.2, 0) is 6.42 Å². The van der Waals surface area contributed by atoms with Crippen LogP contribution in [0.5, 0.6) is 5.75 Å². The second-order valence-electron chi connectivity index (χ2n) is 3.19. The molecule has 66 valence electrons. The predicted molar refractivity (Wildman–Crippen MR) is 48.2 cm³/mol. The van der Waals surface area contributed by atoms with Crippen LogP contribution >= 0.6 is 0 Å². The molecule has 3 heteroatoms. The number of hydrogen-bond acceptors (Lipinski definition) is 3. The molecule has 0 saturated carbocycles. The number of phenols is 1. The summed E-state index contributed by atoms with van der Waals surface area (Å²) in [6.07, 6.45) is 0.403. The lowest BCUT2D eigenvalue weighted by atomic mass is 10.1. The molecule has 1 aliphatic heterocycles. The highest BCUT2D eigenvalue weighted by molar-refractivity contribution is 5.41. The Morgan fingerprint density at radius 1 is 1.62 bits per heavy atom. The molecule has 1 saturated heterocycles. The molecule has 1 heterocycles. The van der Waals surface area contributed by atoms with E-state index in [9.17, 15) is 5.11 Å². The van der Waals surface area contributed by atoms with Gasteiger partial charge in [-0.05, 0) is 17.7 Å². The summed E-state index contributed by atoms with van der Waals surface area (Å²) < 4.78 is 0. The molecule has 1 aromatic carbocycles. The van der Waals surface area contributed by atoms with Crippen molar-refractivity contribution in [3.8, 4) is 11.8 Å². The second kappa shape index (κ2) is 3.08. The second-order valence-corrected chi connectivity index (χ2v) is 3.19. The molecule has 1 fully saturated rings. The minimum absolute atomic E-state index is 0.290. The van der Waals surface area contributed by atoms with Gasteiger partial charge in [0.25, 0.3) is 0 Å². The molecule has 0 spiro atoms. The average Bonchev–Trinajstić information content (AvgIpc) is 2.92. The Balaban J connectivity index is 2.32. The van der Waals surface area contributed by atoms with Crippen LogP contribution in [0.2, 0.25) is 0 Å². The molecule has 2 N–H and O–H groups in total. The van der Waals surface area contributed by atoms with Crippen molar-refractivity contribution in [2.24, 2.45) is 0 Å². The van der Waals surface area contributed by atoms with Gasteiger partial charge in [-0.15, -0.1) is 0 Å². The fraction of sp³-hybridized carbons (Fsp3) is 0.300. The monoisotopic (exact) mass is 174 g/mol. The van der Waals surface area contributed by atoms with Crippen molar-refractivity contribution >= 4 is 0 Å². The highest BCUT2D eigenvalue weighted by atomic mass is 16.3. The maximum atomic E-state index is 9.49. The van der Waals surface area contributed by atoms with Crippen molar-refractivity contribution in [3.63, 3.8) is 0 Å². The highest BCUT2D eigenvalue weighted by Crippen LogP contribution is 2.30. The molecule has 0 unspecified atom stereocenters. The Labute approximate surface area is 76.6 Å². The smallest absolute Gasteiger partial charge is 0.120 e. The minimum atomic E-state index is 0.290. The zero-order chi connectivity index (χ0) is 9.26. The van der Waals surface area contributed by atoms with Gasteiger partial charge in [-0.3, -0.25) is 0 Å². The Bertz CT molecular complexity index is 364. The molecule has 0 aliphatic carbocycles. The van der Waals surface area contributed by atoms with E-state index in [2.05, 4.69) is 11.4 Å². The molecule has 0 bridgehead atoms. The third kappa shape index (κ3) is 1.63. The lowest BCUT2D eigenvalue weighted by Crippen LogP contribution is -1.89. The van der Waals surface area contributed by atoms with Gasteiger partial charge in [-0.25, -0.2) is 0 Å². The van der Waals surface area contributed by atoms with Gasteiger partial charge in [0.05, 0.1) is 12.5 Å². The van der Waals surface area contributed by atoms with Crippen molar-refractivity contribution in [2.75, 3.05) is 6.54 Å². The van der Waals surface area contributed by atoms with Gasteiger partial charge >= 0.3 is 0 Å². The molecule has 2 rings (SSSR count). The molecule has 0 radical (unpaired) electrons. The molecule has 13 heavy (non-hydrogen) atoms. The third-order valence-corrected chi connectivity index (χ3v) is 2.16. The normalized spacial score (nSPS) is 19.5. The number of nitrogens with one attached hydrogen (secondary N) is 1. The molecule has 1 aromatic rings. The number of benzene rings is 1. The summed E-state index contributed by atoms with van der Waals surface area (Å²) >= 11 is 0. The van der Waals surface area contributed by atoms with E-state index in [1.807, 2.05) is 6.07 Å². The van der Waals surface area contributed by atoms with E-state index in [-0.39, 0.29) is 0 Å². The van der Waals surface area contributed by atoms with Crippen LogP contribution in [0, 0.1) is 11.3 Å². The summed E-state index contributed by atoms with van der Waals surface area (Å²) in [4.78, 5) is 0. The Morgan fingerprint density at radius 2 is 2.38 bits per heavy atom. The molecular weight excluding hydrogens is 164 g/mol. The van der Waals surface area contributed by atoms with Gasteiger partial charge in [-0.1, -0.05) is 6.07 Å². The highest BCUT2D eigenvalue weighted by Gasteiger charge is 2.25. The van der Waals surface area contributed by atoms with Gasteiger partial charge in [0, 0.05) is 18.2 Å². The van der Waals surface area contributed by atoms with Gasteiger partial charge in [0.2, 0.25) is 0 Å².